The zero-order valence-corrected chi connectivity index (χ0v) is 17.4. The maximum Gasteiger partial charge on any atom is 0.251 e. The number of sulfone groups is 1. The average Bonchev–Trinajstić information content (AvgIpc) is 3.30. The molecule has 3 N–H and O–H groups in total. The fourth-order valence-corrected chi connectivity index (χ4v) is 5.46. The summed E-state index contributed by atoms with van der Waals surface area (Å²) < 4.78 is 36.6. The van der Waals surface area contributed by atoms with E-state index in [9.17, 15) is 22.4 Å². The standard InChI is InChI=1S/C22H22FN3O4S/c23-16-7-5-14(6-8-16)21(27)26-20(22(28)25-17-9-10-31(29,30)13-17)11-15-12-24-19-4-2-1-3-18(15)19/h1-8,12,17,20,24H,9-11,13H2,(H,25,28)(H,26,27). The molecule has 1 fully saturated rings. The van der Waals surface area contributed by atoms with Crippen LogP contribution in [0.2, 0.25) is 0 Å². The summed E-state index contributed by atoms with van der Waals surface area (Å²) in [5.41, 5.74) is 1.97. The zero-order valence-electron chi connectivity index (χ0n) is 16.6. The molecule has 2 heterocycles. The van der Waals surface area contributed by atoms with E-state index in [0.29, 0.717) is 6.42 Å². The summed E-state index contributed by atoms with van der Waals surface area (Å²) in [7, 11) is -3.16. The van der Waals surface area contributed by atoms with Crippen molar-refractivity contribution >= 4 is 32.6 Å². The van der Waals surface area contributed by atoms with Gasteiger partial charge in [-0.2, -0.15) is 0 Å². The van der Waals surface area contributed by atoms with E-state index >= 15 is 0 Å². The van der Waals surface area contributed by atoms with Gasteiger partial charge in [0, 0.05) is 35.1 Å². The molecular formula is C22H22FN3O4S. The predicted octanol–water partition coefficient (Wildman–Crippen LogP) is 1.95. The minimum Gasteiger partial charge on any atom is -0.361 e. The molecule has 4 rings (SSSR count). The molecule has 1 aliphatic rings. The predicted molar refractivity (Wildman–Crippen MR) is 115 cm³/mol. The summed E-state index contributed by atoms with van der Waals surface area (Å²) in [5.74, 6) is -1.51. The summed E-state index contributed by atoms with van der Waals surface area (Å²) in [5, 5.41) is 6.40. The fraction of sp³-hybridized carbons (Fsp3) is 0.273. The Morgan fingerprint density at radius 2 is 1.87 bits per heavy atom. The van der Waals surface area contributed by atoms with Crippen LogP contribution in [0, 0.1) is 5.82 Å². The molecule has 2 unspecified atom stereocenters. The van der Waals surface area contributed by atoms with E-state index in [1.54, 1.807) is 6.20 Å². The maximum atomic E-state index is 13.2. The number of para-hydroxylation sites is 1. The first-order valence-corrected chi connectivity index (χ1v) is 11.7. The van der Waals surface area contributed by atoms with E-state index in [4.69, 9.17) is 0 Å². The van der Waals surface area contributed by atoms with Crippen LogP contribution in [0.1, 0.15) is 22.3 Å². The summed E-state index contributed by atoms with van der Waals surface area (Å²) >= 11 is 0. The molecule has 1 aliphatic heterocycles. The van der Waals surface area contributed by atoms with E-state index in [-0.39, 0.29) is 23.5 Å². The molecule has 0 aliphatic carbocycles. The van der Waals surface area contributed by atoms with Gasteiger partial charge in [0.15, 0.2) is 9.84 Å². The number of benzene rings is 2. The number of carbonyl (C=O) groups is 2. The molecule has 162 valence electrons. The number of fused-ring (bicyclic) bond motifs is 1. The Bertz CT molecular complexity index is 1220. The number of aromatic amines is 1. The van der Waals surface area contributed by atoms with E-state index in [2.05, 4.69) is 15.6 Å². The summed E-state index contributed by atoms with van der Waals surface area (Å²) in [6, 6.07) is 11.2. The molecule has 0 spiro atoms. The number of aromatic nitrogens is 1. The summed E-state index contributed by atoms with van der Waals surface area (Å²) in [4.78, 5) is 28.8. The van der Waals surface area contributed by atoms with Crippen LogP contribution in [0.15, 0.2) is 54.7 Å². The molecule has 0 saturated carbocycles. The molecular weight excluding hydrogens is 421 g/mol. The van der Waals surface area contributed by atoms with Gasteiger partial charge < -0.3 is 15.6 Å². The minimum absolute atomic E-state index is 0.0347. The van der Waals surface area contributed by atoms with Gasteiger partial charge in [-0.05, 0) is 42.3 Å². The van der Waals surface area contributed by atoms with Gasteiger partial charge in [0.1, 0.15) is 11.9 Å². The number of nitrogens with one attached hydrogen (secondary N) is 3. The second-order valence-corrected chi connectivity index (χ2v) is 9.93. The van der Waals surface area contributed by atoms with E-state index in [1.807, 2.05) is 24.3 Å². The Labute approximate surface area is 179 Å². The third-order valence-electron chi connectivity index (χ3n) is 5.41. The first-order chi connectivity index (χ1) is 14.8. The van der Waals surface area contributed by atoms with E-state index in [0.717, 1.165) is 16.5 Å². The smallest absolute Gasteiger partial charge is 0.251 e. The van der Waals surface area contributed by atoms with Crippen molar-refractivity contribution in [2.24, 2.45) is 0 Å². The Kier molecular flexibility index (Phi) is 5.77. The average molecular weight is 444 g/mol. The van der Waals surface area contributed by atoms with Crippen LogP contribution in [-0.4, -0.2) is 48.8 Å². The molecule has 9 heteroatoms. The summed E-state index contributed by atoms with van der Waals surface area (Å²) in [6.07, 6.45) is 2.34. The first kappa shape index (κ1) is 21.0. The first-order valence-electron chi connectivity index (χ1n) is 9.93. The number of carbonyl (C=O) groups excluding carboxylic acids is 2. The quantitative estimate of drug-likeness (QED) is 0.541. The molecule has 2 atom stereocenters. The topological polar surface area (TPSA) is 108 Å². The normalized spacial score (nSPS) is 18.5. The van der Waals surface area contributed by atoms with Crippen LogP contribution in [0.3, 0.4) is 0 Å². The maximum absolute atomic E-state index is 13.2. The van der Waals surface area contributed by atoms with Crippen molar-refractivity contribution in [3.8, 4) is 0 Å². The third kappa shape index (κ3) is 4.93. The number of amides is 2. The largest absolute Gasteiger partial charge is 0.361 e. The SMILES string of the molecule is O=C(NC(Cc1c[nH]c2ccccc12)C(=O)NC1CCS(=O)(=O)C1)c1ccc(F)cc1. The lowest BCUT2D eigenvalue weighted by Crippen LogP contribution is -2.51. The second-order valence-electron chi connectivity index (χ2n) is 7.71. The van der Waals surface area contributed by atoms with E-state index in [1.165, 1.54) is 24.3 Å². The van der Waals surface area contributed by atoms with Crippen molar-refractivity contribution < 1.29 is 22.4 Å². The number of hydrogen-bond donors (Lipinski definition) is 3. The number of halogens is 1. The van der Waals surface area contributed by atoms with Gasteiger partial charge in [0.05, 0.1) is 11.5 Å². The Morgan fingerprint density at radius 1 is 1.13 bits per heavy atom. The number of hydrogen-bond acceptors (Lipinski definition) is 4. The van der Waals surface area contributed by atoms with Crippen molar-refractivity contribution in [3.05, 3.63) is 71.7 Å². The van der Waals surface area contributed by atoms with Crippen LogP contribution >= 0.6 is 0 Å². The second kappa shape index (κ2) is 8.50. The van der Waals surface area contributed by atoms with Gasteiger partial charge in [-0.25, -0.2) is 12.8 Å². The van der Waals surface area contributed by atoms with Crippen molar-refractivity contribution in [1.82, 2.24) is 15.6 Å². The van der Waals surface area contributed by atoms with Crippen molar-refractivity contribution in [3.63, 3.8) is 0 Å². The number of H-pyrrole nitrogens is 1. The highest BCUT2D eigenvalue weighted by Gasteiger charge is 2.31. The molecule has 31 heavy (non-hydrogen) atoms. The molecule has 1 saturated heterocycles. The van der Waals surface area contributed by atoms with Crippen LogP contribution in [0.25, 0.3) is 10.9 Å². The van der Waals surface area contributed by atoms with Crippen LogP contribution in [0.5, 0.6) is 0 Å². The van der Waals surface area contributed by atoms with Crippen molar-refractivity contribution in [2.45, 2.75) is 24.9 Å². The van der Waals surface area contributed by atoms with Crippen LogP contribution in [0.4, 0.5) is 4.39 Å². The summed E-state index contributed by atoms with van der Waals surface area (Å²) in [6.45, 7) is 0. The fourth-order valence-electron chi connectivity index (χ4n) is 3.78. The molecule has 2 aromatic carbocycles. The Morgan fingerprint density at radius 3 is 2.58 bits per heavy atom. The van der Waals surface area contributed by atoms with Gasteiger partial charge in [0.2, 0.25) is 5.91 Å². The van der Waals surface area contributed by atoms with Gasteiger partial charge in [-0.3, -0.25) is 9.59 Å². The minimum atomic E-state index is -3.16. The van der Waals surface area contributed by atoms with Crippen LogP contribution in [-0.2, 0) is 21.1 Å². The zero-order chi connectivity index (χ0) is 22.0. The van der Waals surface area contributed by atoms with Gasteiger partial charge in [-0.1, -0.05) is 18.2 Å². The molecule has 0 radical (unpaired) electrons. The van der Waals surface area contributed by atoms with Crippen molar-refractivity contribution in [1.29, 1.82) is 0 Å². The lowest BCUT2D eigenvalue weighted by Gasteiger charge is -2.21. The Balaban J connectivity index is 1.55. The Hall–Kier alpha value is -3.20. The van der Waals surface area contributed by atoms with Gasteiger partial charge in [0.25, 0.3) is 5.91 Å². The van der Waals surface area contributed by atoms with E-state index < -0.39 is 39.6 Å². The van der Waals surface area contributed by atoms with Gasteiger partial charge in [-0.15, -0.1) is 0 Å². The molecule has 1 aromatic heterocycles. The number of rotatable bonds is 6. The third-order valence-corrected chi connectivity index (χ3v) is 7.17. The highest BCUT2D eigenvalue weighted by Crippen LogP contribution is 2.20. The molecule has 3 aromatic rings. The monoisotopic (exact) mass is 443 g/mol. The molecule has 0 bridgehead atoms. The lowest BCUT2D eigenvalue weighted by molar-refractivity contribution is -0.123. The van der Waals surface area contributed by atoms with Gasteiger partial charge >= 0.3 is 0 Å². The molecule has 7 nitrogen and oxygen atoms in total. The van der Waals surface area contributed by atoms with Crippen molar-refractivity contribution in [2.75, 3.05) is 11.5 Å². The lowest BCUT2D eigenvalue weighted by atomic mass is 10.0. The molecule has 2 amide bonds. The highest BCUT2D eigenvalue weighted by atomic mass is 32.2. The van der Waals surface area contributed by atoms with Crippen LogP contribution < -0.4 is 10.6 Å². The highest BCUT2D eigenvalue weighted by molar-refractivity contribution is 7.91.